The van der Waals surface area contributed by atoms with Crippen LogP contribution in [0.1, 0.15) is 40.3 Å². The average molecular weight is 414 g/mol. The second-order valence-corrected chi connectivity index (χ2v) is 7.83. The Morgan fingerprint density at radius 3 is 2.32 bits per heavy atom. The average Bonchev–Trinajstić information content (AvgIpc) is 3.14. The quantitative estimate of drug-likeness (QED) is 0.452. The zero-order valence-electron chi connectivity index (χ0n) is 18.1. The van der Waals surface area contributed by atoms with E-state index in [1.54, 1.807) is 0 Å². The number of fused-ring (bicyclic) bond motifs is 1. The molecule has 1 N–H and O–H groups in total. The number of ether oxygens (including phenoxy) is 1. The zero-order valence-corrected chi connectivity index (χ0v) is 18.1. The molecule has 4 rings (SSSR count). The lowest BCUT2D eigenvalue weighted by Gasteiger charge is -2.17. The minimum absolute atomic E-state index is 0.109. The third-order valence-electron chi connectivity index (χ3n) is 5.34. The van der Waals surface area contributed by atoms with Crippen LogP contribution in [0.25, 0.3) is 11.0 Å². The maximum absolute atomic E-state index is 12.7. The van der Waals surface area contributed by atoms with E-state index in [2.05, 4.69) is 16.8 Å². The van der Waals surface area contributed by atoms with Crippen molar-refractivity contribution in [3.8, 4) is 5.75 Å². The predicted molar refractivity (Wildman–Crippen MR) is 123 cm³/mol. The van der Waals surface area contributed by atoms with Gasteiger partial charge < -0.3 is 14.6 Å². The van der Waals surface area contributed by atoms with E-state index >= 15 is 0 Å². The van der Waals surface area contributed by atoms with Crippen LogP contribution in [0.5, 0.6) is 5.75 Å². The number of aryl methyl sites for hydroxylation is 2. The van der Waals surface area contributed by atoms with E-state index in [0.717, 1.165) is 28.2 Å². The molecule has 1 heterocycles. The number of nitrogens with zero attached hydrogens (tertiary/aromatic N) is 2. The number of rotatable bonds is 7. The van der Waals surface area contributed by atoms with Crippen LogP contribution < -0.4 is 10.1 Å². The van der Waals surface area contributed by atoms with Gasteiger partial charge >= 0.3 is 0 Å². The molecular weight excluding hydrogens is 386 g/mol. The van der Waals surface area contributed by atoms with Gasteiger partial charge in [-0.25, -0.2) is 4.98 Å². The molecule has 31 heavy (non-hydrogen) atoms. The van der Waals surface area contributed by atoms with E-state index in [1.807, 2.05) is 86.6 Å². The SMILES string of the molecule is Cc1ccc(OCCn2c(C(C)NC(=O)c3ccc(C)cc3)nc3ccccc32)cc1. The van der Waals surface area contributed by atoms with Gasteiger partial charge in [-0.3, -0.25) is 4.79 Å². The van der Waals surface area contributed by atoms with Gasteiger partial charge in [-0.1, -0.05) is 47.5 Å². The van der Waals surface area contributed by atoms with Crippen LogP contribution in [0.15, 0.2) is 72.8 Å². The molecule has 0 saturated heterocycles. The van der Waals surface area contributed by atoms with Crippen LogP contribution in [0, 0.1) is 13.8 Å². The Bertz CT molecular complexity index is 1180. The van der Waals surface area contributed by atoms with Gasteiger partial charge in [0.05, 0.1) is 23.6 Å². The molecule has 1 atom stereocenters. The van der Waals surface area contributed by atoms with Crippen molar-refractivity contribution in [2.45, 2.75) is 33.4 Å². The van der Waals surface area contributed by atoms with Crippen molar-refractivity contribution in [3.05, 3.63) is 95.3 Å². The van der Waals surface area contributed by atoms with Crippen LogP contribution in [0.2, 0.25) is 0 Å². The van der Waals surface area contributed by atoms with Gasteiger partial charge in [-0.15, -0.1) is 0 Å². The Kier molecular flexibility index (Phi) is 6.03. The van der Waals surface area contributed by atoms with Gasteiger partial charge in [-0.2, -0.15) is 0 Å². The lowest BCUT2D eigenvalue weighted by atomic mass is 10.1. The number of carbonyl (C=O) groups is 1. The van der Waals surface area contributed by atoms with E-state index in [-0.39, 0.29) is 11.9 Å². The summed E-state index contributed by atoms with van der Waals surface area (Å²) in [5.41, 5.74) is 4.90. The Hall–Kier alpha value is -3.60. The molecule has 0 spiro atoms. The molecule has 0 radical (unpaired) electrons. The first-order valence-electron chi connectivity index (χ1n) is 10.5. The lowest BCUT2D eigenvalue weighted by Crippen LogP contribution is -2.29. The van der Waals surface area contributed by atoms with Crippen LogP contribution in [-0.2, 0) is 6.54 Å². The second kappa shape index (κ2) is 9.04. The van der Waals surface area contributed by atoms with E-state index in [1.165, 1.54) is 5.56 Å². The molecule has 1 unspecified atom stereocenters. The number of nitrogens with one attached hydrogen (secondary N) is 1. The third-order valence-corrected chi connectivity index (χ3v) is 5.34. The van der Waals surface area contributed by atoms with E-state index in [0.29, 0.717) is 18.7 Å². The summed E-state index contributed by atoms with van der Waals surface area (Å²) in [5, 5.41) is 3.08. The summed E-state index contributed by atoms with van der Waals surface area (Å²) in [6, 6.07) is 23.4. The molecule has 0 aliphatic rings. The normalized spacial score (nSPS) is 12.0. The molecule has 1 aromatic heterocycles. The number of amides is 1. The standard InChI is InChI=1S/C26H27N3O2/c1-18-8-12-21(13-9-18)26(30)27-20(3)25-28-23-6-4-5-7-24(23)29(25)16-17-31-22-14-10-19(2)11-15-22/h4-15,20H,16-17H2,1-3H3,(H,27,30). The monoisotopic (exact) mass is 413 g/mol. The Morgan fingerprint density at radius 2 is 1.61 bits per heavy atom. The van der Waals surface area contributed by atoms with Crippen LogP contribution in [0.3, 0.4) is 0 Å². The minimum atomic E-state index is -0.249. The zero-order chi connectivity index (χ0) is 21.8. The summed E-state index contributed by atoms with van der Waals surface area (Å²) >= 11 is 0. The fraction of sp³-hybridized carbons (Fsp3) is 0.231. The maximum Gasteiger partial charge on any atom is 0.251 e. The maximum atomic E-state index is 12.7. The van der Waals surface area contributed by atoms with Crippen LogP contribution >= 0.6 is 0 Å². The highest BCUT2D eigenvalue weighted by Gasteiger charge is 2.19. The van der Waals surface area contributed by atoms with Gasteiger partial charge in [0.2, 0.25) is 0 Å². The van der Waals surface area contributed by atoms with Crippen molar-refractivity contribution in [3.63, 3.8) is 0 Å². The first-order valence-corrected chi connectivity index (χ1v) is 10.5. The summed E-state index contributed by atoms with van der Waals surface area (Å²) < 4.78 is 8.07. The number of hydrogen-bond acceptors (Lipinski definition) is 3. The van der Waals surface area contributed by atoms with Crippen LogP contribution in [0.4, 0.5) is 0 Å². The van der Waals surface area contributed by atoms with Gasteiger partial charge in [0.25, 0.3) is 5.91 Å². The first-order chi connectivity index (χ1) is 15.0. The van der Waals surface area contributed by atoms with Gasteiger partial charge in [0.15, 0.2) is 0 Å². The number of hydrogen-bond donors (Lipinski definition) is 1. The number of imidazole rings is 1. The molecule has 0 saturated carbocycles. The Balaban J connectivity index is 1.53. The minimum Gasteiger partial charge on any atom is -0.492 e. The van der Waals surface area contributed by atoms with Gasteiger partial charge in [0.1, 0.15) is 18.2 Å². The smallest absolute Gasteiger partial charge is 0.251 e. The van der Waals surface area contributed by atoms with E-state index in [4.69, 9.17) is 9.72 Å². The largest absolute Gasteiger partial charge is 0.492 e. The molecule has 0 fully saturated rings. The fourth-order valence-corrected chi connectivity index (χ4v) is 3.60. The second-order valence-electron chi connectivity index (χ2n) is 7.83. The first kappa shape index (κ1) is 20.7. The molecule has 4 aromatic rings. The van der Waals surface area contributed by atoms with Gasteiger partial charge in [0, 0.05) is 5.56 Å². The summed E-state index contributed by atoms with van der Waals surface area (Å²) in [7, 11) is 0. The van der Waals surface area contributed by atoms with Crippen molar-refractivity contribution < 1.29 is 9.53 Å². The summed E-state index contributed by atoms with van der Waals surface area (Å²) in [4.78, 5) is 17.5. The number of carbonyl (C=O) groups excluding carboxylic acids is 1. The van der Waals surface area contributed by atoms with Crippen molar-refractivity contribution in [1.29, 1.82) is 0 Å². The summed E-state index contributed by atoms with van der Waals surface area (Å²) in [5.74, 6) is 1.55. The van der Waals surface area contributed by atoms with E-state index in [9.17, 15) is 4.79 Å². The lowest BCUT2D eigenvalue weighted by molar-refractivity contribution is 0.0937. The molecule has 3 aromatic carbocycles. The number of aromatic nitrogens is 2. The molecular formula is C26H27N3O2. The van der Waals surface area contributed by atoms with Crippen LogP contribution in [-0.4, -0.2) is 22.1 Å². The third kappa shape index (κ3) is 4.77. The van der Waals surface area contributed by atoms with Crippen molar-refractivity contribution in [1.82, 2.24) is 14.9 Å². The molecule has 0 aliphatic heterocycles. The van der Waals surface area contributed by atoms with Crippen molar-refractivity contribution in [2.75, 3.05) is 6.61 Å². The number of para-hydroxylation sites is 2. The highest BCUT2D eigenvalue weighted by molar-refractivity contribution is 5.94. The highest BCUT2D eigenvalue weighted by atomic mass is 16.5. The summed E-state index contributed by atoms with van der Waals surface area (Å²) in [6.07, 6.45) is 0. The van der Waals surface area contributed by atoms with E-state index < -0.39 is 0 Å². The summed E-state index contributed by atoms with van der Waals surface area (Å²) in [6.45, 7) is 7.17. The Morgan fingerprint density at radius 1 is 0.968 bits per heavy atom. The Labute approximate surface area is 182 Å². The molecule has 5 heteroatoms. The van der Waals surface area contributed by atoms with Crippen molar-refractivity contribution >= 4 is 16.9 Å². The molecule has 1 amide bonds. The molecule has 0 bridgehead atoms. The fourth-order valence-electron chi connectivity index (χ4n) is 3.60. The molecule has 5 nitrogen and oxygen atoms in total. The molecule has 0 aliphatic carbocycles. The van der Waals surface area contributed by atoms with Crippen molar-refractivity contribution in [2.24, 2.45) is 0 Å². The predicted octanol–water partition coefficient (Wildman–Crippen LogP) is 5.22. The van der Waals surface area contributed by atoms with Gasteiger partial charge in [-0.05, 0) is 57.2 Å². The highest BCUT2D eigenvalue weighted by Crippen LogP contribution is 2.22. The number of benzene rings is 3. The molecule has 158 valence electrons. The topological polar surface area (TPSA) is 56.1 Å².